The lowest BCUT2D eigenvalue weighted by Crippen LogP contribution is -2.39. The zero-order valence-electron chi connectivity index (χ0n) is 20.9. The van der Waals surface area contributed by atoms with E-state index < -0.39 is 27.0 Å². The minimum Gasteiger partial charge on any atom is -0.457 e. The van der Waals surface area contributed by atoms with Gasteiger partial charge in [0.25, 0.3) is 0 Å². The van der Waals surface area contributed by atoms with Gasteiger partial charge in [0.05, 0.1) is 10.4 Å². The highest BCUT2D eigenvalue weighted by atomic mass is 32.2. The molecule has 5 rings (SSSR count). The van der Waals surface area contributed by atoms with Crippen LogP contribution in [0.15, 0.2) is 83.8 Å². The van der Waals surface area contributed by atoms with Gasteiger partial charge in [-0.2, -0.15) is 0 Å². The van der Waals surface area contributed by atoms with Gasteiger partial charge in [-0.25, -0.2) is 8.42 Å². The largest absolute Gasteiger partial charge is 0.457 e. The molecule has 0 aliphatic carbocycles. The second-order valence-corrected chi connectivity index (χ2v) is 11.3. The summed E-state index contributed by atoms with van der Waals surface area (Å²) in [5, 5.41) is 0.503. The van der Waals surface area contributed by atoms with Crippen molar-refractivity contribution in [3.8, 4) is 11.5 Å². The molecular weight excluding hydrogens is 486 g/mol. The number of hydrogen-bond acceptors (Lipinski definition) is 6. The van der Waals surface area contributed by atoms with E-state index >= 15 is 0 Å². The van der Waals surface area contributed by atoms with Gasteiger partial charge in [0, 0.05) is 23.3 Å². The molecule has 0 N–H and O–H groups in total. The summed E-state index contributed by atoms with van der Waals surface area (Å²) >= 11 is 0. The number of fused-ring (bicyclic) bond motifs is 1. The standard InChI is InChI=1S/C30H29NO5S/c1-3-22-14-16-27(36-23-9-5-4-6-10-23)25(19-22)30(17-8-18-35-30)29(32)20-37(33,34)28-12-7-11-26-24(28)15-13-21(2)31-26/h4-7,9-16,19H,3,8,17-18,20H2,1-2H3. The molecule has 1 saturated heterocycles. The SMILES string of the molecule is CCc1ccc(Oc2ccccc2)c(C2(C(=O)CS(=O)(=O)c3cccc4nc(C)ccc34)CCCO2)c1. The lowest BCUT2D eigenvalue weighted by molar-refractivity contribution is -0.137. The Kier molecular flexibility index (Phi) is 6.84. The molecule has 3 aromatic carbocycles. The van der Waals surface area contributed by atoms with Crippen LogP contribution in [0.3, 0.4) is 0 Å². The number of carbonyl (C=O) groups excluding carboxylic acids is 1. The van der Waals surface area contributed by atoms with Gasteiger partial charge in [0.2, 0.25) is 0 Å². The Morgan fingerprint density at radius 2 is 1.84 bits per heavy atom. The molecule has 1 aliphatic rings. The molecular formula is C30H29NO5S. The number of pyridine rings is 1. The average molecular weight is 516 g/mol. The summed E-state index contributed by atoms with van der Waals surface area (Å²) in [5.74, 6) is -0.0601. The van der Waals surface area contributed by atoms with E-state index in [0.717, 1.165) is 17.7 Å². The summed E-state index contributed by atoms with van der Waals surface area (Å²) in [5.41, 5.74) is 1.55. The molecule has 1 aromatic heterocycles. The van der Waals surface area contributed by atoms with Crippen LogP contribution in [-0.4, -0.2) is 31.5 Å². The van der Waals surface area contributed by atoms with Crippen molar-refractivity contribution in [3.05, 3.63) is 95.7 Å². The zero-order valence-corrected chi connectivity index (χ0v) is 21.8. The summed E-state index contributed by atoms with van der Waals surface area (Å²) in [6.07, 6.45) is 1.78. The number of sulfone groups is 1. The van der Waals surface area contributed by atoms with Crippen molar-refractivity contribution < 1.29 is 22.7 Å². The first-order chi connectivity index (χ1) is 17.8. The van der Waals surface area contributed by atoms with Gasteiger partial charge in [0.1, 0.15) is 17.3 Å². The fourth-order valence-electron chi connectivity index (χ4n) is 4.91. The summed E-state index contributed by atoms with van der Waals surface area (Å²) in [7, 11) is -3.98. The normalized spacial score (nSPS) is 17.7. The first-order valence-electron chi connectivity index (χ1n) is 12.4. The summed E-state index contributed by atoms with van der Waals surface area (Å²) in [6, 6.07) is 23.5. The first kappa shape index (κ1) is 25.1. The van der Waals surface area contributed by atoms with Crippen LogP contribution < -0.4 is 4.74 Å². The predicted molar refractivity (Wildman–Crippen MR) is 143 cm³/mol. The first-order valence-corrected chi connectivity index (χ1v) is 14.1. The highest BCUT2D eigenvalue weighted by molar-refractivity contribution is 7.92. The molecule has 7 heteroatoms. The van der Waals surface area contributed by atoms with Crippen molar-refractivity contribution in [1.29, 1.82) is 0 Å². The molecule has 2 heterocycles. The molecule has 1 atom stereocenters. The van der Waals surface area contributed by atoms with Crippen molar-refractivity contribution in [2.75, 3.05) is 12.4 Å². The Morgan fingerprint density at radius 3 is 2.57 bits per heavy atom. The van der Waals surface area contributed by atoms with Crippen molar-refractivity contribution in [2.24, 2.45) is 0 Å². The molecule has 0 saturated carbocycles. The monoisotopic (exact) mass is 515 g/mol. The number of ketones is 1. The molecule has 1 aliphatic heterocycles. The third-order valence-electron chi connectivity index (χ3n) is 6.82. The second-order valence-electron chi connectivity index (χ2n) is 9.34. The Hall–Kier alpha value is -3.55. The Balaban J connectivity index is 1.56. The van der Waals surface area contributed by atoms with Gasteiger partial charge in [-0.1, -0.05) is 37.3 Å². The lowest BCUT2D eigenvalue weighted by atomic mass is 9.85. The quantitative estimate of drug-likeness (QED) is 0.289. The molecule has 1 unspecified atom stereocenters. The maximum Gasteiger partial charge on any atom is 0.186 e. The fraction of sp³-hybridized carbons (Fsp3) is 0.267. The molecule has 4 aromatic rings. The van der Waals surface area contributed by atoms with E-state index in [4.69, 9.17) is 9.47 Å². The smallest absolute Gasteiger partial charge is 0.186 e. The van der Waals surface area contributed by atoms with E-state index in [1.807, 2.05) is 62.4 Å². The highest BCUT2D eigenvalue weighted by Crippen LogP contribution is 2.44. The fourth-order valence-corrected chi connectivity index (χ4v) is 6.43. The van der Waals surface area contributed by atoms with Crippen LogP contribution in [0.1, 0.15) is 36.6 Å². The third-order valence-corrected chi connectivity index (χ3v) is 8.49. The number of aromatic nitrogens is 1. The van der Waals surface area contributed by atoms with E-state index in [2.05, 4.69) is 4.98 Å². The maximum absolute atomic E-state index is 14.0. The van der Waals surface area contributed by atoms with Crippen LogP contribution in [-0.2, 0) is 31.4 Å². The van der Waals surface area contributed by atoms with Gasteiger partial charge in [-0.3, -0.25) is 9.78 Å². The molecule has 1 fully saturated rings. The van der Waals surface area contributed by atoms with Crippen LogP contribution in [0.2, 0.25) is 0 Å². The number of hydrogen-bond donors (Lipinski definition) is 0. The van der Waals surface area contributed by atoms with Crippen molar-refractivity contribution in [1.82, 2.24) is 4.98 Å². The number of carbonyl (C=O) groups is 1. The predicted octanol–water partition coefficient (Wildman–Crippen LogP) is 5.95. The number of para-hydroxylation sites is 1. The molecule has 6 nitrogen and oxygen atoms in total. The number of rotatable bonds is 8. The highest BCUT2D eigenvalue weighted by Gasteiger charge is 2.47. The molecule has 37 heavy (non-hydrogen) atoms. The van der Waals surface area contributed by atoms with Gasteiger partial charge in [-0.05, 0) is 80.3 Å². The van der Waals surface area contributed by atoms with E-state index in [0.29, 0.717) is 47.4 Å². The van der Waals surface area contributed by atoms with E-state index in [-0.39, 0.29) is 4.90 Å². The number of ether oxygens (including phenoxy) is 2. The van der Waals surface area contributed by atoms with Gasteiger partial charge < -0.3 is 9.47 Å². The van der Waals surface area contributed by atoms with E-state index in [1.54, 1.807) is 24.3 Å². The van der Waals surface area contributed by atoms with Gasteiger partial charge in [0.15, 0.2) is 21.2 Å². The lowest BCUT2D eigenvalue weighted by Gasteiger charge is -2.30. The van der Waals surface area contributed by atoms with Gasteiger partial charge in [-0.15, -0.1) is 0 Å². The van der Waals surface area contributed by atoms with E-state index in [9.17, 15) is 13.2 Å². The summed E-state index contributed by atoms with van der Waals surface area (Å²) in [4.78, 5) is 18.5. The van der Waals surface area contributed by atoms with Crippen LogP contribution in [0, 0.1) is 6.92 Å². The second kappa shape index (κ2) is 10.1. The minimum atomic E-state index is -3.98. The van der Waals surface area contributed by atoms with Gasteiger partial charge >= 0.3 is 0 Å². The maximum atomic E-state index is 14.0. The average Bonchev–Trinajstić information content (AvgIpc) is 3.40. The van der Waals surface area contributed by atoms with Crippen molar-refractivity contribution >= 4 is 26.5 Å². The topological polar surface area (TPSA) is 82.6 Å². The molecule has 0 spiro atoms. The summed E-state index contributed by atoms with van der Waals surface area (Å²) < 4.78 is 39.6. The van der Waals surface area contributed by atoms with Crippen molar-refractivity contribution in [3.63, 3.8) is 0 Å². The summed E-state index contributed by atoms with van der Waals surface area (Å²) in [6.45, 7) is 4.25. The molecule has 0 bridgehead atoms. The van der Waals surface area contributed by atoms with Crippen LogP contribution >= 0.6 is 0 Å². The molecule has 0 amide bonds. The Bertz CT molecular complexity index is 1560. The number of aryl methyl sites for hydroxylation is 2. The Morgan fingerprint density at radius 1 is 1.03 bits per heavy atom. The number of nitrogens with zero attached hydrogens (tertiary/aromatic N) is 1. The third kappa shape index (κ3) is 4.89. The van der Waals surface area contributed by atoms with Crippen molar-refractivity contribution in [2.45, 2.75) is 43.6 Å². The molecule has 190 valence electrons. The van der Waals surface area contributed by atoms with Crippen LogP contribution in [0.5, 0.6) is 11.5 Å². The van der Waals surface area contributed by atoms with Crippen LogP contribution in [0.25, 0.3) is 10.9 Å². The number of Topliss-reactive ketones (excluding diaryl/α,β-unsaturated/α-hetero) is 1. The minimum absolute atomic E-state index is 0.0991. The molecule has 0 radical (unpaired) electrons. The van der Waals surface area contributed by atoms with E-state index in [1.165, 1.54) is 6.07 Å². The zero-order chi connectivity index (χ0) is 26.0. The van der Waals surface area contributed by atoms with Crippen LogP contribution in [0.4, 0.5) is 0 Å². The Labute approximate surface area is 217 Å². The number of benzene rings is 3.